The van der Waals surface area contributed by atoms with Crippen LogP contribution in [0.2, 0.25) is 0 Å². The molecule has 104 valence electrons. The quantitative estimate of drug-likeness (QED) is 0.341. The van der Waals surface area contributed by atoms with Gasteiger partial charge in [0, 0.05) is 7.11 Å². The van der Waals surface area contributed by atoms with Gasteiger partial charge in [0.1, 0.15) is 25.5 Å². The number of hydrogen-bond donors (Lipinski definition) is 0. The van der Waals surface area contributed by atoms with E-state index in [1.165, 1.54) is 0 Å². The highest BCUT2D eigenvalue weighted by Gasteiger charge is 2.14. The van der Waals surface area contributed by atoms with Crippen LogP contribution in [0.1, 0.15) is 16.3 Å². The number of carbonyl (C=O) groups is 1. The molecule has 0 aliphatic rings. The lowest BCUT2D eigenvalue weighted by Crippen LogP contribution is -3.00. The first-order valence-electron chi connectivity index (χ1n) is 5.47. The SMILES string of the molecule is COCc1ccc(C(=O)OCC[N+](C)(C)C)o1.[I-]. The summed E-state index contributed by atoms with van der Waals surface area (Å²) in [6.45, 7) is 1.49. The fourth-order valence-corrected chi connectivity index (χ4v) is 1.19. The second-order valence-corrected chi connectivity index (χ2v) is 4.85. The molecule has 0 unspecified atom stereocenters. The number of carbonyl (C=O) groups excluding carboxylic acids is 1. The van der Waals surface area contributed by atoms with Gasteiger partial charge in [-0.25, -0.2) is 4.79 Å². The Kier molecular flexibility index (Phi) is 7.49. The van der Waals surface area contributed by atoms with Gasteiger partial charge in [-0.15, -0.1) is 0 Å². The van der Waals surface area contributed by atoms with Crippen LogP contribution in [0.5, 0.6) is 0 Å². The highest BCUT2D eigenvalue weighted by Crippen LogP contribution is 2.10. The third kappa shape index (κ3) is 6.36. The Bertz CT molecular complexity index is 370. The number of esters is 1. The summed E-state index contributed by atoms with van der Waals surface area (Å²) in [6.07, 6.45) is 0. The number of furan rings is 1. The van der Waals surface area contributed by atoms with E-state index in [2.05, 4.69) is 0 Å². The van der Waals surface area contributed by atoms with Gasteiger partial charge in [-0.1, -0.05) is 0 Å². The molecule has 0 radical (unpaired) electrons. The summed E-state index contributed by atoms with van der Waals surface area (Å²) in [5, 5.41) is 0. The normalized spacial score (nSPS) is 10.9. The van der Waals surface area contributed by atoms with Crippen LogP contribution in [0.3, 0.4) is 0 Å². The average Bonchev–Trinajstić information content (AvgIpc) is 2.65. The molecule has 6 heteroatoms. The third-order valence-electron chi connectivity index (χ3n) is 2.14. The number of quaternary nitrogens is 1. The van der Waals surface area contributed by atoms with E-state index in [9.17, 15) is 4.79 Å². The molecule has 1 aromatic rings. The van der Waals surface area contributed by atoms with Crippen LogP contribution in [-0.2, 0) is 16.1 Å². The Morgan fingerprint density at radius 3 is 2.56 bits per heavy atom. The van der Waals surface area contributed by atoms with Gasteiger partial charge in [0.2, 0.25) is 5.76 Å². The Labute approximate surface area is 125 Å². The maximum absolute atomic E-state index is 11.6. The van der Waals surface area contributed by atoms with E-state index in [0.29, 0.717) is 19.0 Å². The predicted octanol–water partition coefficient (Wildman–Crippen LogP) is -1.71. The van der Waals surface area contributed by atoms with Crippen molar-refractivity contribution in [1.82, 2.24) is 0 Å². The molecule has 5 nitrogen and oxygen atoms in total. The number of methoxy groups -OCH3 is 1. The molecule has 1 heterocycles. The van der Waals surface area contributed by atoms with E-state index in [4.69, 9.17) is 13.9 Å². The summed E-state index contributed by atoms with van der Waals surface area (Å²) in [5.74, 6) is 0.408. The lowest BCUT2D eigenvalue weighted by atomic mass is 10.4. The van der Waals surface area contributed by atoms with Crippen LogP contribution in [0, 0.1) is 0 Å². The molecule has 18 heavy (non-hydrogen) atoms. The molecule has 0 saturated heterocycles. The molecule has 0 amide bonds. The maximum Gasteiger partial charge on any atom is 0.374 e. The highest BCUT2D eigenvalue weighted by atomic mass is 127. The molecular weight excluding hydrogens is 349 g/mol. The van der Waals surface area contributed by atoms with Gasteiger partial charge in [0.15, 0.2) is 0 Å². The summed E-state index contributed by atoms with van der Waals surface area (Å²) >= 11 is 0. The van der Waals surface area contributed by atoms with E-state index >= 15 is 0 Å². The number of rotatable bonds is 6. The largest absolute Gasteiger partial charge is 1.00 e. The Morgan fingerprint density at radius 2 is 2.00 bits per heavy atom. The molecule has 1 rings (SSSR count). The van der Waals surface area contributed by atoms with Crippen LogP contribution in [0.15, 0.2) is 16.5 Å². The van der Waals surface area contributed by atoms with Gasteiger partial charge < -0.3 is 42.4 Å². The van der Waals surface area contributed by atoms with Crippen LogP contribution in [0.25, 0.3) is 0 Å². The Morgan fingerprint density at radius 1 is 1.33 bits per heavy atom. The van der Waals surface area contributed by atoms with Crippen molar-refractivity contribution in [1.29, 1.82) is 0 Å². The molecule has 0 spiro atoms. The molecule has 0 aliphatic carbocycles. The Hall–Kier alpha value is -0.600. The zero-order valence-corrected chi connectivity index (χ0v) is 13.4. The van der Waals surface area contributed by atoms with Crippen molar-refractivity contribution in [3.8, 4) is 0 Å². The first-order chi connectivity index (χ1) is 7.92. The van der Waals surface area contributed by atoms with Crippen molar-refractivity contribution in [3.05, 3.63) is 23.7 Å². The van der Waals surface area contributed by atoms with Crippen LogP contribution >= 0.6 is 0 Å². The van der Waals surface area contributed by atoms with E-state index in [0.717, 1.165) is 11.0 Å². The third-order valence-corrected chi connectivity index (χ3v) is 2.14. The number of likely N-dealkylation sites (N-methyl/N-ethyl adjacent to an activating group) is 1. The summed E-state index contributed by atoms with van der Waals surface area (Å²) in [5.41, 5.74) is 0. The van der Waals surface area contributed by atoms with Crippen LogP contribution in [0.4, 0.5) is 0 Å². The summed E-state index contributed by atoms with van der Waals surface area (Å²) < 4.78 is 16.0. The van der Waals surface area contributed by atoms with Crippen molar-refractivity contribution in [2.24, 2.45) is 0 Å². The second kappa shape index (κ2) is 7.75. The van der Waals surface area contributed by atoms with E-state index in [1.807, 2.05) is 21.1 Å². The van der Waals surface area contributed by atoms with Gasteiger partial charge in [0.05, 0.1) is 21.1 Å². The van der Waals surface area contributed by atoms with E-state index in [1.54, 1.807) is 19.2 Å². The minimum absolute atomic E-state index is 0. The molecule has 0 fully saturated rings. The summed E-state index contributed by atoms with van der Waals surface area (Å²) in [7, 11) is 7.69. The molecule has 0 N–H and O–H groups in total. The fraction of sp³-hybridized carbons (Fsp3) is 0.583. The highest BCUT2D eigenvalue weighted by molar-refractivity contribution is 5.86. The maximum atomic E-state index is 11.6. The molecule has 0 aromatic carbocycles. The second-order valence-electron chi connectivity index (χ2n) is 4.85. The van der Waals surface area contributed by atoms with Crippen molar-refractivity contribution >= 4 is 5.97 Å². The topological polar surface area (TPSA) is 48.7 Å². The molecular formula is C12H20INO4. The standard InChI is InChI=1S/C12H20NO4.HI/c1-13(2,3)7-8-16-12(14)11-6-5-10(17-11)9-15-4;/h5-6H,7-9H2,1-4H3;1H/q+1;/p-1. The lowest BCUT2D eigenvalue weighted by Gasteiger charge is -2.23. The van der Waals surface area contributed by atoms with Crippen LogP contribution in [-0.4, -0.2) is 51.9 Å². The van der Waals surface area contributed by atoms with Crippen LogP contribution < -0.4 is 24.0 Å². The van der Waals surface area contributed by atoms with Gasteiger partial charge in [0.25, 0.3) is 0 Å². The monoisotopic (exact) mass is 369 g/mol. The number of halogens is 1. The predicted molar refractivity (Wildman–Crippen MR) is 62.6 cm³/mol. The average molecular weight is 369 g/mol. The van der Waals surface area contributed by atoms with Gasteiger partial charge in [-0.05, 0) is 12.1 Å². The minimum atomic E-state index is -0.430. The van der Waals surface area contributed by atoms with Crippen molar-refractivity contribution in [3.63, 3.8) is 0 Å². The smallest absolute Gasteiger partial charge is 0.374 e. The molecule has 0 bridgehead atoms. The number of nitrogens with zero attached hydrogens (tertiary/aromatic N) is 1. The van der Waals surface area contributed by atoms with Gasteiger partial charge in [-0.2, -0.15) is 0 Å². The van der Waals surface area contributed by atoms with Crippen molar-refractivity contribution < 1.29 is 47.1 Å². The summed E-state index contributed by atoms with van der Waals surface area (Å²) in [6, 6.07) is 3.31. The zero-order chi connectivity index (χ0) is 12.9. The Balaban J connectivity index is 0.00000289. The van der Waals surface area contributed by atoms with Crippen molar-refractivity contribution in [2.45, 2.75) is 6.61 Å². The van der Waals surface area contributed by atoms with E-state index in [-0.39, 0.29) is 29.7 Å². The first-order valence-corrected chi connectivity index (χ1v) is 5.47. The first kappa shape index (κ1) is 17.4. The van der Waals surface area contributed by atoms with Gasteiger partial charge in [-0.3, -0.25) is 0 Å². The molecule has 0 saturated carbocycles. The fourth-order valence-electron chi connectivity index (χ4n) is 1.19. The molecule has 0 aliphatic heterocycles. The van der Waals surface area contributed by atoms with Gasteiger partial charge >= 0.3 is 5.97 Å². The summed E-state index contributed by atoms with van der Waals surface area (Å²) in [4.78, 5) is 11.6. The molecule has 1 aromatic heterocycles. The van der Waals surface area contributed by atoms with Crippen molar-refractivity contribution in [2.75, 3.05) is 41.4 Å². The zero-order valence-electron chi connectivity index (χ0n) is 11.2. The molecule has 0 atom stereocenters. The number of ether oxygens (including phenoxy) is 2. The lowest BCUT2D eigenvalue weighted by molar-refractivity contribution is -0.870. The minimum Gasteiger partial charge on any atom is -1.00 e. The van der Waals surface area contributed by atoms with E-state index < -0.39 is 5.97 Å². The number of hydrogen-bond acceptors (Lipinski definition) is 4.